The number of aryl methyl sites for hydroxylation is 1. The first-order valence-corrected chi connectivity index (χ1v) is 8.93. The number of nitrogens with one attached hydrogen (secondary N) is 2. The molecular formula is C18H16FN5O2S. The second-order valence-electron chi connectivity index (χ2n) is 5.61. The Balaban J connectivity index is 1.60. The van der Waals surface area contributed by atoms with E-state index in [1.54, 1.807) is 48.3 Å². The summed E-state index contributed by atoms with van der Waals surface area (Å²) in [4.78, 5) is 24.4. The van der Waals surface area contributed by atoms with Crippen molar-refractivity contribution < 1.29 is 14.0 Å². The van der Waals surface area contributed by atoms with Gasteiger partial charge in [0, 0.05) is 24.0 Å². The number of carbonyl (C=O) groups excluding carboxylic acids is 2. The van der Waals surface area contributed by atoms with Gasteiger partial charge in [0.05, 0.1) is 5.75 Å². The van der Waals surface area contributed by atoms with Crippen molar-refractivity contribution in [2.24, 2.45) is 7.05 Å². The highest BCUT2D eigenvalue weighted by atomic mass is 32.2. The van der Waals surface area contributed by atoms with Crippen molar-refractivity contribution in [3.63, 3.8) is 0 Å². The molecule has 7 nitrogen and oxygen atoms in total. The first kappa shape index (κ1) is 18.6. The third-order valence-electron chi connectivity index (χ3n) is 3.49. The third-order valence-corrected chi connectivity index (χ3v) is 4.53. The van der Waals surface area contributed by atoms with E-state index < -0.39 is 11.7 Å². The number of nitrogens with zero attached hydrogens (tertiary/aromatic N) is 3. The quantitative estimate of drug-likeness (QED) is 0.637. The van der Waals surface area contributed by atoms with Crippen LogP contribution in [0.25, 0.3) is 0 Å². The lowest BCUT2D eigenvalue weighted by Gasteiger charge is -2.08. The van der Waals surface area contributed by atoms with E-state index in [1.165, 1.54) is 30.0 Å². The zero-order chi connectivity index (χ0) is 19.2. The molecule has 0 atom stereocenters. The van der Waals surface area contributed by atoms with Crippen molar-refractivity contribution in [1.29, 1.82) is 0 Å². The fourth-order valence-corrected chi connectivity index (χ4v) is 2.93. The van der Waals surface area contributed by atoms with Gasteiger partial charge < -0.3 is 15.2 Å². The van der Waals surface area contributed by atoms with E-state index in [-0.39, 0.29) is 11.7 Å². The molecule has 2 amide bonds. The van der Waals surface area contributed by atoms with Gasteiger partial charge in [0.15, 0.2) is 5.16 Å². The van der Waals surface area contributed by atoms with Crippen molar-refractivity contribution in [2.75, 3.05) is 16.4 Å². The van der Waals surface area contributed by atoms with Crippen molar-refractivity contribution in [3.05, 3.63) is 66.2 Å². The van der Waals surface area contributed by atoms with Crippen molar-refractivity contribution >= 4 is 35.0 Å². The van der Waals surface area contributed by atoms with Crippen LogP contribution in [-0.4, -0.2) is 32.3 Å². The van der Waals surface area contributed by atoms with E-state index >= 15 is 0 Å². The lowest BCUT2D eigenvalue weighted by Crippen LogP contribution is -2.16. The summed E-state index contributed by atoms with van der Waals surface area (Å²) in [6.07, 6.45) is 1.56. The van der Waals surface area contributed by atoms with Gasteiger partial charge >= 0.3 is 0 Å². The van der Waals surface area contributed by atoms with E-state index in [2.05, 4.69) is 20.8 Å². The summed E-state index contributed by atoms with van der Waals surface area (Å²) in [5, 5.41) is 13.6. The fourth-order valence-electron chi connectivity index (χ4n) is 2.24. The van der Waals surface area contributed by atoms with Gasteiger partial charge in [-0.25, -0.2) is 4.39 Å². The molecule has 0 bridgehead atoms. The minimum absolute atomic E-state index is 0.159. The topological polar surface area (TPSA) is 88.9 Å². The number of hydrogen-bond acceptors (Lipinski definition) is 5. The Kier molecular flexibility index (Phi) is 5.82. The summed E-state index contributed by atoms with van der Waals surface area (Å²) < 4.78 is 14.9. The Morgan fingerprint density at radius 3 is 2.56 bits per heavy atom. The molecule has 138 valence electrons. The van der Waals surface area contributed by atoms with E-state index in [0.717, 1.165) is 0 Å². The Labute approximate surface area is 159 Å². The van der Waals surface area contributed by atoms with Gasteiger partial charge in [-0.05, 0) is 36.4 Å². The SMILES string of the molecule is Cn1cnnc1SCC(=O)Nc1cccc(C(=O)Nc2cccc(F)c2)c1. The molecule has 27 heavy (non-hydrogen) atoms. The number of halogens is 1. The van der Waals surface area contributed by atoms with Crippen LogP contribution >= 0.6 is 11.8 Å². The average molecular weight is 385 g/mol. The molecule has 2 N–H and O–H groups in total. The molecule has 9 heteroatoms. The highest BCUT2D eigenvalue weighted by Crippen LogP contribution is 2.17. The molecule has 1 aromatic heterocycles. The van der Waals surface area contributed by atoms with Crippen LogP contribution in [0.1, 0.15) is 10.4 Å². The standard InChI is InChI=1S/C18H16FN5O2S/c1-24-11-20-23-18(24)27-10-16(25)21-14-6-2-4-12(8-14)17(26)22-15-7-3-5-13(19)9-15/h2-9,11H,10H2,1H3,(H,21,25)(H,22,26). The number of anilines is 2. The van der Waals surface area contributed by atoms with Gasteiger partial charge in [-0.3, -0.25) is 9.59 Å². The summed E-state index contributed by atoms with van der Waals surface area (Å²) in [5.41, 5.74) is 1.19. The Morgan fingerprint density at radius 2 is 1.85 bits per heavy atom. The Morgan fingerprint density at radius 1 is 1.11 bits per heavy atom. The molecule has 1 heterocycles. The molecule has 3 rings (SSSR count). The molecule has 0 radical (unpaired) electrons. The Bertz CT molecular complexity index is 976. The number of amides is 2. The van der Waals surface area contributed by atoms with Crippen LogP contribution in [0.2, 0.25) is 0 Å². The second-order valence-corrected chi connectivity index (χ2v) is 6.55. The lowest BCUT2D eigenvalue weighted by molar-refractivity contribution is -0.113. The van der Waals surface area contributed by atoms with Crippen LogP contribution < -0.4 is 10.6 Å². The zero-order valence-electron chi connectivity index (χ0n) is 14.3. The van der Waals surface area contributed by atoms with E-state index in [9.17, 15) is 14.0 Å². The first-order chi connectivity index (χ1) is 13.0. The van der Waals surface area contributed by atoms with Crippen LogP contribution in [0.4, 0.5) is 15.8 Å². The van der Waals surface area contributed by atoms with Crippen molar-refractivity contribution in [3.8, 4) is 0 Å². The van der Waals surface area contributed by atoms with E-state index in [4.69, 9.17) is 0 Å². The predicted molar refractivity (Wildman–Crippen MR) is 101 cm³/mol. The van der Waals surface area contributed by atoms with Gasteiger partial charge in [-0.15, -0.1) is 10.2 Å². The summed E-state index contributed by atoms with van der Waals surface area (Å²) >= 11 is 1.26. The smallest absolute Gasteiger partial charge is 0.255 e. The maximum Gasteiger partial charge on any atom is 0.255 e. The van der Waals surface area contributed by atoms with Crippen LogP contribution in [0.5, 0.6) is 0 Å². The molecular weight excluding hydrogens is 369 g/mol. The summed E-state index contributed by atoms with van der Waals surface area (Å²) in [6, 6.07) is 12.1. The molecule has 0 aliphatic heterocycles. The lowest BCUT2D eigenvalue weighted by atomic mass is 10.2. The molecule has 0 saturated heterocycles. The van der Waals surface area contributed by atoms with Crippen LogP contribution in [0.3, 0.4) is 0 Å². The highest BCUT2D eigenvalue weighted by molar-refractivity contribution is 7.99. The summed E-state index contributed by atoms with van der Waals surface area (Å²) in [6.45, 7) is 0. The molecule has 0 unspecified atom stereocenters. The molecule has 0 fully saturated rings. The minimum atomic E-state index is -0.436. The largest absolute Gasteiger partial charge is 0.325 e. The van der Waals surface area contributed by atoms with Crippen molar-refractivity contribution in [2.45, 2.75) is 5.16 Å². The highest BCUT2D eigenvalue weighted by Gasteiger charge is 2.10. The summed E-state index contributed by atoms with van der Waals surface area (Å²) in [5.74, 6) is -0.906. The summed E-state index contributed by atoms with van der Waals surface area (Å²) in [7, 11) is 1.79. The monoisotopic (exact) mass is 385 g/mol. The maximum absolute atomic E-state index is 13.2. The number of thioether (sulfide) groups is 1. The molecule has 3 aromatic rings. The van der Waals surface area contributed by atoms with Crippen molar-refractivity contribution in [1.82, 2.24) is 14.8 Å². The number of hydrogen-bond donors (Lipinski definition) is 2. The minimum Gasteiger partial charge on any atom is -0.325 e. The van der Waals surface area contributed by atoms with E-state index in [0.29, 0.717) is 22.1 Å². The number of carbonyl (C=O) groups is 2. The first-order valence-electron chi connectivity index (χ1n) is 7.95. The maximum atomic E-state index is 13.2. The van der Waals surface area contributed by atoms with Crippen LogP contribution in [0, 0.1) is 5.82 Å². The molecule has 0 aliphatic carbocycles. The van der Waals surface area contributed by atoms with Gasteiger partial charge in [0.2, 0.25) is 5.91 Å². The zero-order valence-corrected chi connectivity index (χ0v) is 15.2. The number of rotatable bonds is 6. The van der Waals surface area contributed by atoms with Gasteiger partial charge in [0.25, 0.3) is 5.91 Å². The third kappa shape index (κ3) is 5.14. The molecule has 2 aromatic carbocycles. The van der Waals surface area contributed by atoms with Crippen LogP contribution in [-0.2, 0) is 11.8 Å². The van der Waals surface area contributed by atoms with E-state index in [1.807, 2.05) is 0 Å². The van der Waals surface area contributed by atoms with Gasteiger partial charge in [0.1, 0.15) is 12.1 Å². The predicted octanol–water partition coefficient (Wildman–Crippen LogP) is 2.94. The number of benzene rings is 2. The molecule has 0 aliphatic rings. The Hall–Kier alpha value is -3.20. The van der Waals surface area contributed by atoms with Gasteiger partial charge in [-0.1, -0.05) is 23.9 Å². The number of aromatic nitrogens is 3. The van der Waals surface area contributed by atoms with Gasteiger partial charge in [-0.2, -0.15) is 0 Å². The van der Waals surface area contributed by atoms with Crippen LogP contribution in [0.15, 0.2) is 60.0 Å². The molecule has 0 saturated carbocycles. The normalized spacial score (nSPS) is 10.4. The average Bonchev–Trinajstić information content (AvgIpc) is 3.05. The molecule has 0 spiro atoms. The second kappa shape index (κ2) is 8.45. The fraction of sp³-hybridized carbons (Fsp3) is 0.111.